The zero-order valence-corrected chi connectivity index (χ0v) is 17.2. The average Bonchev–Trinajstić information content (AvgIpc) is 2.69. The normalized spacial score (nSPS) is 10.2. The van der Waals surface area contributed by atoms with Gasteiger partial charge in [0.05, 0.1) is 17.3 Å². The molecule has 0 fully saturated rings. The zero-order valence-electron chi connectivity index (χ0n) is 16.5. The third-order valence-electron chi connectivity index (χ3n) is 3.93. The van der Waals surface area contributed by atoms with Crippen LogP contribution in [0.4, 0.5) is 17.1 Å². The molecule has 0 unspecified atom stereocenters. The first-order valence-corrected chi connectivity index (χ1v) is 9.82. The SMILES string of the molecule is CCCC(=O)Nc1ccc(Cl)c(NCC(=O)Nc2ccc(C(=O)NCC)cc2)c1. The van der Waals surface area contributed by atoms with Crippen molar-refractivity contribution in [3.63, 3.8) is 0 Å². The fraction of sp³-hybridized carbons (Fsp3) is 0.286. The molecule has 8 heteroatoms. The van der Waals surface area contributed by atoms with Crippen LogP contribution in [-0.2, 0) is 9.59 Å². The van der Waals surface area contributed by atoms with Crippen molar-refractivity contribution in [3.8, 4) is 0 Å². The monoisotopic (exact) mass is 416 g/mol. The van der Waals surface area contributed by atoms with Crippen LogP contribution >= 0.6 is 11.6 Å². The molecule has 0 aromatic heterocycles. The Morgan fingerprint density at radius 3 is 2.21 bits per heavy atom. The van der Waals surface area contributed by atoms with Crippen LogP contribution in [0.2, 0.25) is 5.02 Å². The Balaban J connectivity index is 1.91. The quantitative estimate of drug-likeness (QED) is 0.498. The van der Waals surface area contributed by atoms with Crippen LogP contribution in [0.15, 0.2) is 42.5 Å². The van der Waals surface area contributed by atoms with Crippen LogP contribution in [0.5, 0.6) is 0 Å². The van der Waals surface area contributed by atoms with Gasteiger partial charge in [0.1, 0.15) is 0 Å². The largest absolute Gasteiger partial charge is 0.375 e. The minimum absolute atomic E-state index is 0.00977. The number of hydrogen-bond donors (Lipinski definition) is 4. The molecule has 0 aliphatic carbocycles. The number of rotatable bonds is 9. The first-order valence-electron chi connectivity index (χ1n) is 9.44. The lowest BCUT2D eigenvalue weighted by molar-refractivity contribution is -0.116. The molecule has 0 heterocycles. The number of hydrogen-bond acceptors (Lipinski definition) is 4. The molecule has 154 valence electrons. The van der Waals surface area contributed by atoms with E-state index in [4.69, 9.17) is 11.6 Å². The predicted octanol–water partition coefficient (Wildman–Crippen LogP) is 3.88. The molecule has 0 aliphatic rings. The van der Waals surface area contributed by atoms with Crippen molar-refractivity contribution < 1.29 is 14.4 Å². The third kappa shape index (κ3) is 7.12. The molecule has 0 spiro atoms. The number of nitrogens with one attached hydrogen (secondary N) is 4. The second kappa shape index (κ2) is 11.1. The second-order valence-corrected chi connectivity index (χ2v) is 6.74. The Morgan fingerprint density at radius 1 is 0.897 bits per heavy atom. The van der Waals surface area contributed by atoms with Gasteiger partial charge in [0.15, 0.2) is 0 Å². The summed E-state index contributed by atoms with van der Waals surface area (Å²) in [6.45, 7) is 4.32. The summed E-state index contributed by atoms with van der Waals surface area (Å²) >= 11 is 6.17. The van der Waals surface area contributed by atoms with Crippen molar-refractivity contribution in [2.75, 3.05) is 29.0 Å². The smallest absolute Gasteiger partial charge is 0.251 e. The number of carbonyl (C=O) groups is 3. The maximum atomic E-state index is 12.2. The maximum Gasteiger partial charge on any atom is 0.251 e. The summed E-state index contributed by atoms with van der Waals surface area (Å²) < 4.78 is 0. The first-order chi connectivity index (χ1) is 13.9. The minimum Gasteiger partial charge on any atom is -0.375 e. The molecule has 2 rings (SSSR count). The molecule has 0 bridgehead atoms. The van der Waals surface area contributed by atoms with Crippen LogP contribution in [0.25, 0.3) is 0 Å². The molecule has 0 aliphatic heterocycles. The fourth-order valence-corrected chi connectivity index (χ4v) is 2.72. The van der Waals surface area contributed by atoms with Gasteiger partial charge in [-0.1, -0.05) is 18.5 Å². The van der Waals surface area contributed by atoms with Crippen molar-refractivity contribution in [2.45, 2.75) is 26.7 Å². The highest BCUT2D eigenvalue weighted by Crippen LogP contribution is 2.25. The molecule has 3 amide bonds. The van der Waals surface area contributed by atoms with Gasteiger partial charge in [-0.2, -0.15) is 0 Å². The maximum absolute atomic E-state index is 12.2. The third-order valence-corrected chi connectivity index (χ3v) is 4.26. The van der Waals surface area contributed by atoms with Gasteiger partial charge in [0.2, 0.25) is 11.8 Å². The Bertz CT molecular complexity index is 869. The van der Waals surface area contributed by atoms with Crippen molar-refractivity contribution >= 4 is 46.4 Å². The molecule has 4 N–H and O–H groups in total. The molecular weight excluding hydrogens is 392 g/mol. The number of amides is 3. The van der Waals surface area contributed by atoms with E-state index < -0.39 is 0 Å². The van der Waals surface area contributed by atoms with E-state index in [0.29, 0.717) is 40.6 Å². The highest BCUT2D eigenvalue weighted by molar-refractivity contribution is 6.33. The van der Waals surface area contributed by atoms with Crippen LogP contribution < -0.4 is 21.3 Å². The van der Waals surface area contributed by atoms with Crippen molar-refractivity contribution in [3.05, 3.63) is 53.1 Å². The van der Waals surface area contributed by atoms with Gasteiger partial charge in [-0.25, -0.2) is 0 Å². The summed E-state index contributed by atoms with van der Waals surface area (Å²) in [6, 6.07) is 11.7. The minimum atomic E-state index is -0.271. The molecule has 0 atom stereocenters. The number of anilines is 3. The highest BCUT2D eigenvalue weighted by Gasteiger charge is 2.09. The van der Waals surface area contributed by atoms with Crippen molar-refractivity contribution in [1.29, 1.82) is 0 Å². The molecule has 2 aromatic carbocycles. The van der Waals surface area contributed by atoms with Crippen LogP contribution in [-0.4, -0.2) is 30.8 Å². The number of benzene rings is 2. The highest BCUT2D eigenvalue weighted by atomic mass is 35.5. The summed E-state index contributed by atoms with van der Waals surface area (Å²) in [7, 11) is 0. The molecule has 7 nitrogen and oxygen atoms in total. The van der Waals surface area contributed by atoms with Gasteiger partial charge in [-0.15, -0.1) is 0 Å². The van der Waals surface area contributed by atoms with E-state index in [1.54, 1.807) is 42.5 Å². The van der Waals surface area contributed by atoms with Gasteiger partial charge in [0, 0.05) is 29.9 Å². The summed E-state index contributed by atoms with van der Waals surface area (Å²) in [5.41, 5.74) is 2.26. The summed E-state index contributed by atoms with van der Waals surface area (Å²) in [4.78, 5) is 35.7. The standard InChI is InChI=1S/C21H25ClN4O3/c1-3-5-19(27)26-16-10-11-17(22)18(12-16)24-13-20(28)25-15-8-6-14(7-9-15)21(29)23-4-2/h6-12,24H,3-5,13H2,1-2H3,(H,23,29)(H,25,28)(H,26,27). The second-order valence-electron chi connectivity index (χ2n) is 6.33. The zero-order chi connectivity index (χ0) is 21.2. The van der Waals surface area contributed by atoms with E-state index in [0.717, 1.165) is 6.42 Å². The lowest BCUT2D eigenvalue weighted by Crippen LogP contribution is -2.23. The molecule has 0 saturated carbocycles. The molecule has 0 saturated heterocycles. The van der Waals surface area contributed by atoms with Crippen molar-refractivity contribution in [2.24, 2.45) is 0 Å². The van der Waals surface area contributed by atoms with Gasteiger partial charge >= 0.3 is 0 Å². The molecule has 0 radical (unpaired) electrons. The number of carbonyl (C=O) groups excluding carboxylic acids is 3. The summed E-state index contributed by atoms with van der Waals surface area (Å²) in [5.74, 6) is -0.505. The van der Waals surface area contributed by atoms with Crippen LogP contribution in [0, 0.1) is 0 Å². The van der Waals surface area contributed by atoms with E-state index in [1.165, 1.54) is 0 Å². The fourth-order valence-electron chi connectivity index (χ4n) is 2.54. The van der Waals surface area contributed by atoms with Crippen LogP contribution in [0.3, 0.4) is 0 Å². The summed E-state index contributed by atoms with van der Waals surface area (Å²) in [6.07, 6.45) is 1.20. The summed E-state index contributed by atoms with van der Waals surface area (Å²) in [5, 5.41) is 11.7. The van der Waals surface area contributed by atoms with Gasteiger partial charge in [-0.3, -0.25) is 14.4 Å². The van der Waals surface area contributed by atoms with E-state index in [1.807, 2.05) is 13.8 Å². The van der Waals surface area contributed by atoms with E-state index in [-0.39, 0.29) is 24.3 Å². The topological polar surface area (TPSA) is 99.3 Å². The molecule has 2 aromatic rings. The lowest BCUT2D eigenvalue weighted by atomic mass is 10.2. The van der Waals surface area contributed by atoms with Gasteiger partial charge < -0.3 is 21.3 Å². The Hall–Kier alpha value is -3.06. The lowest BCUT2D eigenvalue weighted by Gasteiger charge is -2.12. The Kier molecular flexibility index (Phi) is 8.48. The predicted molar refractivity (Wildman–Crippen MR) is 117 cm³/mol. The van der Waals surface area contributed by atoms with Crippen molar-refractivity contribution in [1.82, 2.24) is 5.32 Å². The van der Waals surface area contributed by atoms with Gasteiger partial charge in [0.25, 0.3) is 5.91 Å². The Morgan fingerprint density at radius 2 is 1.55 bits per heavy atom. The molecular formula is C21H25ClN4O3. The van der Waals surface area contributed by atoms with E-state index >= 15 is 0 Å². The molecule has 29 heavy (non-hydrogen) atoms. The number of halogens is 1. The van der Waals surface area contributed by atoms with Crippen LogP contribution in [0.1, 0.15) is 37.0 Å². The first kappa shape index (κ1) is 22.2. The van der Waals surface area contributed by atoms with E-state index in [9.17, 15) is 14.4 Å². The average molecular weight is 417 g/mol. The Labute approximate surface area is 175 Å². The van der Waals surface area contributed by atoms with Gasteiger partial charge in [-0.05, 0) is 55.8 Å². The van der Waals surface area contributed by atoms with E-state index in [2.05, 4.69) is 21.3 Å².